The average molecular weight is 426 g/mol. The smallest absolute Gasteiger partial charge is 0.226 e. The highest BCUT2D eigenvalue weighted by Crippen LogP contribution is 2.39. The molecule has 31 heavy (non-hydrogen) atoms. The Morgan fingerprint density at radius 2 is 1.68 bits per heavy atom. The maximum absolute atomic E-state index is 13.4. The summed E-state index contributed by atoms with van der Waals surface area (Å²) in [5.41, 5.74) is 3.53. The lowest BCUT2D eigenvalue weighted by Crippen LogP contribution is -2.45. The number of hydrogen-bond donors (Lipinski definition) is 0. The van der Waals surface area contributed by atoms with Gasteiger partial charge in [-0.05, 0) is 66.6 Å². The van der Waals surface area contributed by atoms with Crippen LogP contribution in [0.3, 0.4) is 0 Å². The van der Waals surface area contributed by atoms with Gasteiger partial charge < -0.3 is 19.1 Å². The summed E-state index contributed by atoms with van der Waals surface area (Å²) in [5.74, 6) is 2.46. The molecule has 2 aromatic rings. The van der Waals surface area contributed by atoms with Gasteiger partial charge in [-0.25, -0.2) is 0 Å². The van der Waals surface area contributed by atoms with Crippen LogP contribution in [0, 0.1) is 5.92 Å². The van der Waals surface area contributed by atoms with Gasteiger partial charge >= 0.3 is 0 Å². The fourth-order valence-electron chi connectivity index (χ4n) is 4.34. The molecule has 1 aliphatic heterocycles. The van der Waals surface area contributed by atoms with Crippen molar-refractivity contribution in [3.05, 3.63) is 53.1 Å². The zero-order chi connectivity index (χ0) is 22.4. The first-order valence-corrected chi connectivity index (χ1v) is 11.3. The van der Waals surface area contributed by atoms with Crippen LogP contribution in [0.5, 0.6) is 17.2 Å². The molecule has 0 spiro atoms. The Kier molecular flexibility index (Phi) is 7.83. The fraction of sp³-hybridized carbons (Fsp3) is 0.500. The Labute approximate surface area is 186 Å². The van der Waals surface area contributed by atoms with Gasteiger partial charge in [-0.3, -0.25) is 4.79 Å². The van der Waals surface area contributed by atoms with Crippen LogP contribution in [0.15, 0.2) is 36.4 Å². The summed E-state index contributed by atoms with van der Waals surface area (Å²) in [6.07, 6.45) is 3.48. The van der Waals surface area contributed by atoms with Crippen LogP contribution in [0.25, 0.3) is 0 Å². The molecule has 5 heteroatoms. The highest BCUT2D eigenvalue weighted by atomic mass is 16.5. The van der Waals surface area contributed by atoms with Crippen LogP contribution in [-0.2, 0) is 17.6 Å². The van der Waals surface area contributed by atoms with Crippen molar-refractivity contribution in [2.24, 2.45) is 5.92 Å². The third-order valence-corrected chi connectivity index (χ3v) is 6.36. The first-order chi connectivity index (χ1) is 15.1. The van der Waals surface area contributed by atoms with Gasteiger partial charge in [0.1, 0.15) is 12.4 Å². The lowest BCUT2D eigenvalue weighted by atomic mass is 9.90. The largest absolute Gasteiger partial charge is 0.493 e. The highest BCUT2D eigenvalue weighted by Gasteiger charge is 2.34. The molecule has 1 heterocycles. The number of fused-ring (bicyclic) bond motifs is 1. The minimum absolute atomic E-state index is 0.0352. The van der Waals surface area contributed by atoms with Gasteiger partial charge in [-0.1, -0.05) is 32.9 Å². The van der Waals surface area contributed by atoms with Crippen LogP contribution < -0.4 is 14.2 Å². The number of hydrogen-bond acceptors (Lipinski definition) is 4. The van der Waals surface area contributed by atoms with Gasteiger partial charge in [0, 0.05) is 12.5 Å². The van der Waals surface area contributed by atoms with Gasteiger partial charge in [-0.15, -0.1) is 0 Å². The molecule has 168 valence electrons. The predicted molar refractivity (Wildman–Crippen MR) is 123 cm³/mol. The van der Waals surface area contributed by atoms with Crippen molar-refractivity contribution < 1.29 is 19.0 Å². The number of ether oxygens (including phenoxy) is 3. The first-order valence-electron chi connectivity index (χ1n) is 11.3. The van der Waals surface area contributed by atoms with Crippen molar-refractivity contribution in [2.75, 3.05) is 27.4 Å². The molecule has 1 atom stereocenters. The van der Waals surface area contributed by atoms with Crippen molar-refractivity contribution in [1.82, 2.24) is 4.90 Å². The normalized spacial score (nSPS) is 15.5. The number of rotatable bonds is 9. The monoisotopic (exact) mass is 425 g/mol. The fourth-order valence-corrected chi connectivity index (χ4v) is 4.34. The molecule has 0 aliphatic carbocycles. The van der Waals surface area contributed by atoms with Crippen molar-refractivity contribution in [3.63, 3.8) is 0 Å². The molecule has 0 saturated heterocycles. The van der Waals surface area contributed by atoms with E-state index in [0.29, 0.717) is 18.9 Å². The van der Waals surface area contributed by atoms with E-state index in [1.165, 1.54) is 11.1 Å². The molecule has 0 aromatic heterocycles. The minimum Gasteiger partial charge on any atom is -0.493 e. The minimum atomic E-state index is -0.164. The topological polar surface area (TPSA) is 48.0 Å². The van der Waals surface area contributed by atoms with E-state index in [2.05, 4.69) is 32.9 Å². The highest BCUT2D eigenvalue weighted by molar-refractivity contribution is 5.79. The molecule has 1 amide bonds. The molecular weight excluding hydrogens is 390 g/mol. The Balaban J connectivity index is 1.94. The Hall–Kier alpha value is -2.69. The Morgan fingerprint density at radius 1 is 1.03 bits per heavy atom. The summed E-state index contributed by atoms with van der Waals surface area (Å²) in [6.45, 7) is 7.38. The molecule has 0 bridgehead atoms. The van der Waals surface area contributed by atoms with Gasteiger partial charge in [0.2, 0.25) is 5.91 Å². The maximum Gasteiger partial charge on any atom is 0.226 e. The molecule has 0 fully saturated rings. The summed E-state index contributed by atoms with van der Waals surface area (Å²) in [4.78, 5) is 15.4. The summed E-state index contributed by atoms with van der Waals surface area (Å²) >= 11 is 0. The van der Waals surface area contributed by atoms with E-state index >= 15 is 0 Å². The molecule has 0 N–H and O–H groups in total. The predicted octanol–water partition coefficient (Wildman–Crippen LogP) is 5.21. The van der Waals surface area contributed by atoms with Crippen molar-refractivity contribution in [2.45, 2.75) is 52.5 Å². The standard InChI is InChI=1S/C26H35NO4/c1-6-18-9-11-21(12-10-18)31-17-23-22-16-25(30-5)24(29-4)15-20(22)13-14-27(23)26(28)19(7-2)8-3/h9-12,15-16,19,23H,6-8,13-14,17H2,1-5H3/t23-/m1/s1. The lowest BCUT2D eigenvalue weighted by molar-refractivity contribution is -0.139. The number of amides is 1. The van der Waals surface area contributed by atoms with E-state index in [1.54, 1.807) is 14.2 Å². The molecule has 3 rings (SSSR count). The van der Waals surface area contributed by atoms with Crippen LogP contribution in [0.4, 0.5) is 0 Å². The van der Waals surface area contributed by atoms with Crippen molar-refractivity contribution >= 4 is 5.91 Å². The van der Waals surface area contributed by atoms with Crippen LogP contribution in [0.1, 0.15) is 56.3 Å². The first kappa shape index (κ1) is 23.0. The van der Waals surface area contributed by atoms with E-state index in [-0.39, 0.29) is 17.9 Å². The van der Waals surface area contributed by atoms with Crippen LogP contribution in [0.2, 0.25) is 0 Å². The second-order valence-electron chi connectivity index (χ2n) is 8.03. The Bertz CT molecular complexity index is 874. The number of benzene rings is 2. The number of carbonyl (C=O) groups excluding carboxylic acids is 1. The van der Waals surface area contributed by atoms with E-state index in [0.717, 1.165) is 42.7 Å². The van der Waals surface area contributed by atoms with Gasteiger partial charge in [-0.2, -0.15) is 0 Å². The zero-order valence-electron chi connectivity index (χ0n) is 19.4. The summed E-state index contributed by atoms with van der Waals surface area (Å²) < 4.78 is 17.2. The number of methoxy groups -OCH3 is 2. The zero-order valence-corrected chi connectivity index (χ0v) is 19.4. The van der Waals surface area contributed by atoms with Crippen LogP contribution >= 0.6 is 0 Å². The summed E-state index contributed by atoms with van der Waals surface area (Å²) in [5, 5.41) is 0. The molecule has 0 radical (unpaired) electrons. The second kappa shape index (κ2) is 10.6. The summed E-state index contributed by atoms with van der Waals surface area (Å²) in [6, 6.07) is 12.1. The van der Waals surface area contributed by atoms with E-state index < -0.39 is 0 Å². The summed E-state index contributed by atoms with van der Waals surface area (Å²) in [7, 11) is 3.29. The molecular formula is C26H35NO4. The van der Waals surface area contributed by atoms with Gasteiger partial charge in [0.15, 0.2) is 11.5 Å². The second-order valence-corrected chi connectivity index (χ2v) is 8.03. The van der Waals surface area contributed by atoms with Crippen molar-refractivity contribution in [3.8, 4) is 17.2 Å². The molecule has 2 aromatic carbocycles. The SMILES string of the molecule is CCc1ccc(OC[C@@H]2c3cc(OC)c(OC)cc3CCN2C(=O)C(CC)CC)cc1. The Morgan fingerprint density at radius 3 is 2.26 bits per heavy atom. The van der Waals surface area contributed by atoms with Gasteiger partial charge in [0.05, 0.1) is 20.3 Å². The average Bonchev–Trinajstić information content (AvgIpc) is 2.82. The number of aryl methyl sites for hydroxylation is 1. The van der Waals surface area contributed by atoms with E-state index in [1.807, 2.05) is 29.2 Å². The third kappa shape index (κ3) is 4.97. The molecule has 1 aliphatic rings. The number of carbonyl (C=O) groups is 1. The lowest BCUT2D eigenvalue weighted by Gasteiger charge is -2.39. The van der Waals surface area contributed by atoms with E-state index in [9.17, 15) is 4.79 Å². The van der Waals surface area contributed by atoms with Gasteiger partial charge in [0.25, 0.3) is 0 Å². The maximum atomic E-state index is 13.4. The van der Waals surface area contributed by atoms with Crippen LogP contribution in [-0.4, -0.2) is 38.2 Å². The molecule has 0 unspecified atom stereocenters. The molecule has 5 nitrogen and oxygen atoms in total. The van der Waals surface area contributed by atoms with E-state index in [4.69, 9.17) is 14.2 Å². The molecule has 0 saturated carbocycles. The van der Waals surface area contributed by atoms with Crippen molar-refractivity contribution in [1.29, 1.82) is 0 Å². The third-order valence-electron chi connectivity index (χ3n) is 6.36. The quantitative estimate of drug-likeness (QED) is 0.554. The number of nitrogens with zero attached hydrogens (tertiary/aromatic N) is 1.